The summed E-state index contributed by atoms with van der Waals surface area (Å²) in [6.07, 6.45) is 3.41. The molecular weight excluding hydrogens is 404 g/mol. The van der Waals surface area contributed by atoms with E-state index < -0.39 is 5.97 Å². The van der Waals surface area contributed by atoms with Crippen molar-refractivity contribution in [1.82, 2.24) is 15.2 Å². The molecule has 2 unspecified atom stereocenters. The summed E-state index contributed by atoms with van der Waals surface area (Å²) >= 11 is 0. The van der Waals surface area contributed by atoms with Crippen LogP contribution in [0.4, 0.5) is 5.82 Å². The third-order valence-corrected chi connectivity index (χ3v) is 7.07. The molecule has 2 aromatic rings. The van der Waals surface area contributed by atoms with Gasteiger partial charge in [-0.1, -0.05) is 36.4 Å². The van der Waals surface area contributed by atoms with Crippen molar-refractivity contribution < 1.29 is 14.7 Å². The van der Waals surface area contributed by atoms with E-state index in [1.165, 1.54) is 5.56 Å². The summed E-state index contributed by atoms with van der Waals surface area (Å²) in [6, 6.07) is 14.0. The van der Waals surface area contributed by atoms with E-state index in [1.807, 2.05) is 41.3 Å². The number of carbonyl (C=O) groups is 2. The highest BCUT2D eigenvalue weighted by Crippen LogP contribution is 2.47. The van der Waals surface area contributed by atoms with Crippen LogP contribution in [-0.2, 0) is 22.4 Å². The SMILES string of the molecule is O=C(O)CC(NC1[C@H]2CN(C(=O)CCc3ccc4c(n3)NCCC4)C[C@@H]12)c1ccccc1. The third kappa shape index (κ3) is 4.48. The Labute approximate surface area is 188 Å². The quantitative estimate of drug-likeness (QED) is 0.591. The van der Waals surface area contributed by atoms with Crippen LogP contribution in [0.1, 0.15) is 42.1 Å². The maximum atomic E-state index is 12.8. The number of fused-ring (bicyclic) bond motifs is 2. The van der Waals surface area contributed by atoms with E-state index in [9.17, 15) is 14.7 Å². The zero-order valence-electron chi connectivity index (χ0n) is 18.2. The van der Waals surface area contributed by atoms with Crippen LogP contribution in [0.3, 0.4) is 0 Å². The number of aromatic nitrogens is 1. The number of hydrogen-bond acceptors (Lipinski definition) is 5. The fourth-order valence-electron chi connectivity index (χ4n) is 5.24. The molecule has 1 aromatic heterocycles. The summed E-state index contributed by atoms with van der Waals surface area (Å²) in [5, 5.41) is 16.2. The molecule has 7 heteroatoms. The number of pyridine rings is 1. The molecule has 1 saturated carbocycles. The van der Waals surface area contributed by atoms with E-state index in [1.54, 1.807) is 0 Å². The molecule has 1 saturated heterocycles. The normalized spacial score (nSPS) is 24.2. The molecule has 32 heavy (non-hydrogen) atoms. The Hall–Kier alpha value is -2.93. The Kier molecular flexibility index (Phi) is 5.83. The summed E-state index contributed by atoms with van der Waals surface area (Å²) in [7, 11) is 0. The molecule has 5 rings (SSSR count). The molecule has 0 bridgehead atoms. The fraction of sp³-hybridized carbons (Fsp3) is 0.480. The van der Waals surface area contributed by atoms with Gasteiger partial charge in [-0.15, -0.1) is 0 Å². The van der Waals surface area contributed by atoms with E-state index in [0.29, 0.717) is 24.7 Å². The predicted octanol–water partition coefficient (Wildman–Crippen LogP) is 2.63. The first-order chi connectivity index (χ1) is 15.6. The van der Waals surface area contributed by atoms with Crippen LogP contribution in [0, 0.1) is 11.8 Å². The van der Waals surface area contributed by atoms with Gasteiger partial charge in [0.1, 0.15) is 5.82 Å². The highest BCUT2D eigenvalue weighted by atomic mass is 16.4. The number of amides is 1. The number of piperidine rings is 1. The average Bonchev–Trinajstić information content (AvgIpc) is 3.24. The molecule has 2 fully saturated rings. The summed E-state index contributed by atoms with van der Waals surface area (Å²) in [5.41, 5.74) is 3.23. The smallest absolute Gasteiger partial charge is 0.305 e. The molecule has 7 nitrogen and oxygen atoms in total. The van der Waals surface area contributed by atoms with E-state index >= 15 is 0 Å². The molecule has 1 amide bonds. The van der Waals surface area contributed by atoms with Gasteiger partial charge in [0.2, 0.25) is 5.91 Å². The van der Waals surface area contributed by atoms with Crippen molar-refractivity contribution in [3.05, 3.63) is 59.3 Å². The van der Waals surface area contributed by atoms with Crippen molar-refractivity contribution in [3.63, 3.8) is 0 Å². The molecule has 3 N–H and O–H groups in total. The van der Waals surface area contributed by atoms with Crippen LogP contribution in [0.25, 0.3) is 0 Å². The van der Waals surface area contributed by atoms with Crippen LogP contribution in [-0.4, -0.2) is 52.5 Å². The zero-order valence-corrected chi connectivity index (χ0v) is 18.2. The number of carbonyl (C=O) groups excluding carboxylic acids is 1. The molecular formula is C25H30N4O3. The van der Waals surface area contributed by atoms with Gasteiger partial charge in [-0.2, -0.15) is 0 Å². The van der Waals surface area contributed by atoms with Crippen LogP contribution in [0.2, 0.25) is 0 Å². The predicted molar refractivity (Wildman–Crippen MR) is 121 cm³/mol. The van der Waals surface area contributed by atoms with Crippen LogP contribution >= 0.6 is 0 Å². The number of benzene rings is 1. The van der Waals surface area contributed by atoms with Crippen LogP contribution in [0.5, 0.6) is 0 Å². The van der Waals surface area contributed by atoms with Gasteiger partial charge in [-0.25, -0.2) is 4.98 Å². The minimum Gasteiger partial charge on any atom is -0.481 e. The van der Waals surface area contributed by atoms with Gasteiger partial charge in [0.25, 0.3) is 0 Å². The van der Waals surface area contributed by atoms with Crippen molar-refractivity contribution in [2.24, 2.45) is 11.8 Å². The van der Waals surface area contributed by atoms with Crippen molar-refractivity contribution in [1.29, 1.82) is 0 Å². The Bertz CT molecular complexity index is 984. The van der Waals surface area contributed by atoms with Crippen molar-refractivity contribution in [3.8, 4) is 0 Å². The Morgan fingerprint density at radius 3 is 2.69 bits per heavy atom. The molecule has 168 valence electrons. The van der Waals surface area contributed by atoms with Gasteiger partial charge in [-0.05, 0) is 48.3 Å². The highest BCUT2D eigenvalue weighted by molar-refractivity contribution is 5.77. The summed E-state index contributed by atoms with van der Waals surface area (Å²) < 4.78 is 0. The van der Waals surface area contributed by atoms with Gasteiger partial charge in [0.05, 0.1) is 6.42 Å². The second-order valence-corrected chi connectivity index (χ2v) is 9.22. The van der Waals surface area contributed by atoms with E-state index in [4.69, 9.17) is 4.98 Å². The lowest BCUT2D eigenvalue weighted by atomic mass is 10.0. The van der Waals surface area contributed by atoms with Gasteiger partial charge in [0, 0.05) is 43.8 Å². The molecule has 1 aromatic carbocycles. The number of nitrogens with one attached hydrogen (secondary N) is 2. The lowest BCUT2D eigenvalue weighted by Crippen LogP contribution is -2.37. The minimum atomic E-state index is -0.806. The number of nitrogens with zero attached hydrogens (tertiary/aromatic N) is 2. The summed E-state index contributed by atoms with van der Waals surface area (Å²) in [5.74, 6) is 1.20. The highest BCUT2D eigenvalue weighted by Gasteiger charge is 2.57. The first kappa shape index (κ1) is 20.9. The van der Waals surface area contributed by atoms with Crippen molar-refractivity contribution in [2.45, 2.75) is 44.2 Å². The maximum absolute atomic E-state index is 12.8. The Balaban J connectivity index is 1.11. The van der Waals surface area contributed by atoms with Crippen LogP contribution < -0.4 is 10.6 Å². The minimum absolute atomic E-state index is 0.0607. The number of hydrogen-bond donors (Lipinski definition) is 3. The Morgan fingerprint density at radius 1 is 1.16 bits per heavy atom. The van der Waals surface area contributed by atoms with Gasteiger partial charge in [0.15, 0.2) is 0 Å². The monoisotopic (exact) mass is 434 g/mol. The fourth-order valence-corrected chi connectivity index (χ4v) is 5.24. The second-order valence-electron chi connectivity index (χ2n) is 9.22. The van der Waals surface area contributed by atoms with E-state index in [0.717, 1.165) is 49.6 Å². The summed E-state index contributed by atoms with van der Waals surface area (Å²) in [4.78, 5) is 30.8. The topological polar surface area (TPSA) is 94.6 Å². The zero-order chi connectivity index (χ0) is 22.1. The van der Waals surface area contributed by atoms with Gasteiger partial charge < -0.3 is 20.6 Å². The molecule has 3 aliphatic rings. The van der Waals surface area contributed by atoms with E-state index in [2.05, 4.69) is 16.7 Å². The van der Waals surface area contributed by atoms with Crippen molar-refractivity contribution in [2.75, 3.05) is 25.0 Å². The lowest BCUT2D eigenvalue weighted by Gasteiger charge is -2.23. The Morgan fingerprint density at radius 2 is 1.94 bits per heavy atom. The first-order valence-electron chi connectivity index (χ1n) is 11.6. The maximum Gasteiger partial charge on any atom is 0.305 e. The van der Waals surface area contributed by atoms with Gasteiger partial charge >= 0.3 is 5.97 Å². The first-order valence-corrected chi connectivity index (χ1v) is 11.6. The third-order valence-electron chi connectivity index (χ3n) is 7.07. The number of anilines is 1. The molecule has 2 aliphatic heterocycles. The molecule has 1 aliphatic carbocycles. The molecule has 0 spiro atoms. The number of aryl methyl sites for hydroxylation is 2. The number of carboxylic acids is 1. The molecule has 3 heterocycles. The average molecular weight is 435 g/mol. The van der Waals surface area contributed by atoms with Crippen molar-refractivity contribution >= 4 is 17.7 Å². The van der Waals surface area contributed by atoms with Gasteiger partial charge in [-0.3, -0.25) is 9.59 Å². The standard InChI is InChI=1S/C25H30N4O3/c30-22(11-10-18-9-8-17-7-4-12-26-25(17)27-18)29-14-19-20(15-29)24(19)28-21(13-23(31)32)16-5-2-1-3-6-16/h1-3,5-6,8-9,19-21,24,28H,4,7,10-15H2,(H,26,27)(H,31,32)/t19-,20+,21?,24?. The lowest BCUT2D eigenvalue weighted by molar-refractivity contribution is -0.137. The second kappa shape index (κ2) is 8.90. The largest absolute Gasteiger partial charge is 0.481 e. The number of likely N-dealkylation sites (tertiary alicyclic amines) is 1. The van der Waals surface area contributed by atoms with Crippen LogP contribution in [0.15, 0.2) is 42.5 Å². The van der Waals surface area contributed by atoms with E-state index in [-0.39, 0.29) is 24.4 Å². The summed E-state index contributed by atoms with van der Waals surface area (Å²) in [6.45, 7) is 2.48. The molecule has 4 atom stereocenters. The molecule has 0 radical (unpaired) electrons. The number of rotatable bonds is 8. The number of aliphatic carboxylic acids is 1. The number of carboxylic acid groups (broad SMARTS) is 1.